The molecule has 0 fully saturated rings. The summed E-state index contributed by atoms with van der Waals surface area (Å²) in [5.74, 6) is 1.44. The van der Waals surface area contributed by atoms with Gasteiger partial charge in [0.25, 0.3) is 0 Å². The van der Waals surface area contributed by atoms with Crippen LogP contribution < -0.4 is 10.1 Å². The number of pyridine rings is 1. The van der Waals surface area contributed by atoms with Crippen molar-refractivity contribution >= 4 is 75.5 Å². The summed E-state index contributed by atoms with van der Waals surface area (Å²) < 4.78 is 11.2. The maximum absolute atomic E-state index is 6.18. The average Bonchev–Trinajstić information content (AvgIpc) is 2.74. The van der Waals surface area contributed by atoms with Crippen molar-refractivity contribution in [2.24, 2.45) is 0 Å². The van der Waals surface area contributed by atoms with Crippen molar-refractivity contribution in [3.63, 3.8) is 0 Å². The zero-order valence-corrected chi connectivity index (χ0v) is 20.8. The molecular weight excluding hydrogens is 480 g/mol. The van der Waals surface area contributed by atoms with Gasteiger partial charge in [0, 0.05) is 41.3 Å². The molecule has 5 nitrogen and oxygen atoms in total. The van der Waals surface area contributed by atoms with Gasteiger partial charge >= 0.3 is 0 Å². The zero-order valence-electron chi connectivity index (χ0n) is 17.7. The number of anilines is 1. The Labute approximate surface area is 206 Å². The number of likely N-dealkylation sites (N-methyl/N-ethyl adjacent to an activating group) is 1. The van der Waals surface area contributed by atoms with Crippen LogP contribution in [-0.2, 0) is 4.74 Å². The smallest absolute Gasteiger partial charge is 0.119 e. The van der Waals surface area contributed by atoms with Gasteiger partial charge in [0.1, 0.15) is 5.75 Å². The minimum absolute atomic E-state index is 0. The van der Waals surface area contributed by atoms with Crippen LogP contribution in [0.2, 0.25) is 5.02 Å². The van der Waals surface area contributed by atoms with Crippen LogP contribution in [0.15, 0.2) is 36.4 Å². The summed E-state index contributed by atoms with van der Waals surface area (Å²) in [6, 6.07) is 11.7. The van der Waals surface area contributed by atoms with Crippen LogP contribution in [0.5, 0.6) is 5.75 Å². The van der Waals surface area contributed by atoms with Crippen LogP contribution >= 0.6 is 48.0 Å². The Kier molecular flexibility index (Phi) is 12.6. The number of hydrogen-bond acceptors (Lipinski definition) is 5. The molecule has 0 unspecified atom stereocenters. The minimum atomic E-state index is 0. The first-order chi connectivity index (χ1) is 14.2. The van der Waals surface area contributed by atoms with E-state index >= 15 is 0 Å². The molecular formula is C22H29Cl4N3O2. The number of fused-ring (bicyclic) bond motifs is 2. The summed E-state index contributed by atoms with van der Waals surface area (Å²) in [4.78, 5) is 7.03. The molecule has 0 atom stereocenters. The summed E-state index contributed by atoms with van der Waals surface area (Å²) in [5, 5.41) is 6.24. The highest BCUT2D eigenvalue weighted by Gasteiger charge is 2.11. The van der Waals surface area contributed by atoms with Crippen molar-refractivity contribution in [2.45, 2.75) is 6.92 Å². The molecule has 0 amide bonds. The highest BCUT2D eigenvalue weighted by Crippen LogP contribution is 2.34. The van der Waals surface area contributed by atoms with E-state index in [0.717, 1.165) is 52.9 Å². The number of benzene rings is 2. The maximum atomic E-state index is 6.18. The van der Waals surface area contributed by atoms with E-state index in [1.165, 1.54) is 0 Å². The van der Waals surface area contributed by atoms with E-state index in [-0.39, 0.29) is 24.8 Å². The van der Waals surface area contributed by atoms with Gasteiger partial charge in [-0.2, -0.15) is 0 Å². The third kappa shape index (κ3) is 7.41. The second kappa shape index (κ2) is 14.0. The highest BCUT2D eigenvalue weighted by molar-refractivity contribution is 6.31. The van der Waals surface area contributed by atoms with Crippen LogP contribution in [0.1, 0.15) is 6.92 Å². The highest BCUT2D eigenvalue weighted by atomic mass is 35.5. The standard InChI is InChI=1S/C22H27Cl2N3O2.2ClH/c1-3-27(10-8-23)11-13-29-12-9-25-22-18-6-4-16(24)14-21(18)26-20-7-5-17(28-2)15-19(20)22;;/h4-7,14-15H,3,8-13H2,1-2H3,(H,25,26);2*1H. The summed E-state index contributed by atoms with van der Waals surface area (Å²) in [6.07, 6.45) is 0. The minimum Gasteiger partial charge on any atom is -0.497 e. The van der Waals surface area contributed by atoms with Gasteiger partial charge in [0.05, 0.1) is 37.0 Å². The Bertz CT molecular complexity index is 959. The van der Waals surface area contributed by atoms with Crippen LogP contribution in [0, 0.1) is 0 Å². The molecule has 0 aliphatic heterocycles. The lowest BCUT2D eigenvalue weighted by Crippen LogP contribution is -2.29. The van der Waals surface area contributed by atoms with Gasteiger partial charge in [-0.15, -0.1) is 36.4 Å². The molecule has 1 aromatic heterocycles. The number of nitrogens with zero attached hydrogens (tertiary/aromatic N) is 2. The van der Waals surface area contributed by atoms with Gasteiger partial charge in [-0.3, -0.25) is 0 Å². The number of rotatable bonds is 11. The van der Waals surface area contributed by atoms with E-state index in [1.807, 2.05) is 36.4 Å². The first kappa shape index (κ1) is 27.8. The van der Waals surface area contributed by atoms with Crippen molar-refractivity contribution in [1.29, 1.82) is 0 Å². The predicted molar refractivity (Wildman–Crippen MR) is 137 cm³/mol. The van der Waals surface area contributed by atoms with Crippen LogP contribution in [0.4, 0.5) is 5.69 Å². The molecule has 0 radical (unpaired) electrons. The van der Waals surface area contributed by atoms with Crippen LogP contribution in [0.3, 0.4) is 0 Å². The number of hydrogen-bond donors (Lipinski definition) is 1. The third-order valence-electron chi connectivity index (χ3n) is 4.89. The normalized spacial score (nSPS) is 10.7. The van der Waals surface area contributed by atoms with Gasteiger partial charge < -0.3 is 19.7 Å². The van der Waals surface area contributed by atoms with Crippen LogP contribution in [0.25, 0.3) is 21.8 Å². The summed E-state index contributed by atoms with van der Waals surface area (Å²) in [7, 11) is 1.67. The molecule has 1 N–H and O–H groups in total. The Balaban J connectivity index is 0.00000240. The van der Waals surface area contributed by atoms with Crippen molar-refractivity contribution < 1.29 is 9.47 Å². The molecule has 0 saturated carbocycles. The predicted octanol–water partition coefficient (Wildman–Crippen LogP) is 5.88. The Morgan fingerprint density at radius 2 is 1.81 bits per heavy atom. The molecule has 2 aromatic carbocycles. The molecule has 1 heterocycles. The topological polar surface area (TPSA) is 46.6 Å². The van der Waals surface area contributed by atoms with E-state index in [2.05, 4.69) is 17.1 Å². The van der Waals surface area contributed by atoms with Crippen molar-refractivity contribution in [2.75, 3.05) is 57.7 Å². The van der Waals surface area contributed by atoms with Crippen LogP contribution in [-0.4, -0.2) is 62.3 Å². The quantitative estimate of drug-likeness (QED) is 0.199. The van der Waals surface area contributed by atoms with Gasteiger partial charge in [-0.1, -0.05) is 18.5 Å². The van der Waals surface area contributed by atoms with Crippen molar-refractivity contribution in [3.8, 4) is 5.75 Å². The van der Waals surface area contributed by atoms with E-state index in [4.69, 9.17) is 37.7 Å². The Hall–Kier alpha value is -1.21. The third-order valence-corrected chi connectivity index (χ3v) is 5.30. The number of methoxy groups -OCH3 is 1. The fourth-order valence-electron chi connectivity index (χ4n) is 3.31. The van der Waals surface area contributed by atoms with Gasteiger partial charge in [0.2, 0.25) is 0 Å². The van der Waals surface area contributed by atoms with E-state index in [1.54, 1.807) is 7.11 Å². The number of ether oxygens (including phenoxy) is 2. The molecule has 9 heteroatoms. The lowest BCUT2D eigenvalue weighted by Gasteiger charge is -2.19. The number of nitrogens with one attached hydrogen (secondary N) is 1. The molecule has 0 aliphatic carbocycles. The van der Waals surface area contributed by atoms with Crippen molar-refractivity contribution in [1.82, 2.24) is 9.88 Å². The first-order valence-electron chi connectivity index (χ1n) is 9.83. The van der Waals surface area contributed by atoms with E-state index in [0.29, 0.717) is 30.7 Å². The average molecular weight is 509 g/mol. The van der Waals surface area contributed by atoms with Gasteiger partial charge in [-0.05, 0) is 42.9 Å². The largest absolute Gasteiger partial charge is 0.497 e. The fraction of sp³-hybridized carbons (Fsp3) is 0.409. The van der Waals surface area contributed by atoms with E-state index in [9.17, 15) is 0 Å². The monoisotopic (exact) mass is 507 g/mol. The maximum Gasteiger partial charge on any atom is 0.119 e. The number of halogens is 4. The Morgan fingerprint density at radius 3 is 2.52 bits per heavy atom. The molecule has 0 saturated heterocycles. The SMILES string of the molecule is CCN(CCCl)CCOCCNc1c2ccc(Cl)cc2nc2ccc(OC)cc12.Cl.Cl. The fourth-order valence-corrected chi connectivity index (χ4v) is 3.71. The molecule has 0 bridgehead atoms. The lowest BCUT2D eigenvalue weighted by molar-refractivity contribution is 0.115. The molecule has 3 aromatic rings. The molecule has 0 aliphatic rings. The van der Waals surface area contributed by atoms with E-state index < -0.39 is 0 Å². The molecule has 172 valence electrons. The first-order valence-corrected chi connectivity index (χ1v) is 10.7. The van der Waals surface area contributed by atoms with Gasteiger partial charge in [0.15, 0.2) is 0 Å². The Morgan fingerprint density at radius 1 is 1.00 bits per heavy atom. The number of aromatic nitrogens is 1. The van der Waals surface area contributed by atoms with Crippen molar-refractivity contribution in [3.05, 3.63) is 41.4 Å². The lowest BCUT2D eigenvalue weighted by atomic mass is 10.1. The summed E-state index contributed by atoms with van der Waals surface area (Å²) in [5.41, 5.74) is 2.77. The van der Waals surface area contributed by atoms with Gasteiger partial charge in [-0.25, -0.2) is 4.98 Å². The second-order valence-electron chi connectivity index (χ2n) is 6.69. The summed E-state index contributed by atoms with van der Waals surface area (Å²) in [6.45, 7) is 6.88. The summed E-state index contributed by atoms with van der Waals surface area (Å²) >= 11 is 12.0. The zero-order chi connectivity index (χ0) is 20.6. The second-order valence-corrected chi connectivity index (χ2v) is 7.51. The number of alkyl halides is 1. The molecule has 0 spiro atoms. The molecule has 3 rings (SSSR count). The molecule has 31 heavy (non-hydrogen) atoms.